The first-order chi connectivity index (χ1) is 12.7. The maximum Gasteiger partial charge on any atom is 0.235 e. The zero-order chi connectivity index (χ0) is 17.9. The zero-order valence-electron chi connectivity index (χ0n) is 15.4. The summed E-state index contributed by atoms with van der Waals surface area (Å²) in [5.41, 5.74) is 1.41. The molecule has 0 spiro atoms. The van der Waals surface area contributed by atoms with Crippen LogP contribution in [-0.2, 0) is 11.2 Å². The molecule has 1 saturated heterocycles. The molecule has 2 heterocycles. The third-order valence-corrected chi connectivity index (χ3v) is 6.58. The Morgan fingerprint density at radius 3 is 2.62 bits per heavy atom. The van der Waals surface area contributed by atoms with Crippen LogP contribution in [0.4, 0.5) is 0 Å². The van der Waals surface area contributed by atoms with Crippen molar-refractivity contribution in [3.8, 4) is 0 Å². The molecule has 2 aromatic rings. The first-order valence-electron chi connectivity index (χ1n) is 9.73. The fourth-order valence-electron chi connectivity index (χ4n) is 3.79. The molecule has 138 valence electrons. The maximum atomic E-state index is 12.9. The van der Waals surface area contributed by atoms with Gasteiger partial charge in [-0.15, -0.1) is 0 Å². The Morgan fingerprint density at radius 1 is 1.19 bits per heavy atom. The third kappa shape index (κ3) is 4.14. The summed E-state index contributed by atoms with van der Waals surface area (Å²) in [5.74, 6) is 0.955. The topological polar surface area (TPSA) is 38.1 Å². The van der Waals surface area contributed by atoms with E-state index in [1.807, 2.05) is 19.3 Å². The van der Waals surface area contributed by atoms with Crippen molar-refractivity contribution >= 4 is 17.7 Å². The minimum Gasteiger partial charge on any atom is -0.342 e. The number of rotatable bonds is 6. The minimum atomic E-state index is -0.0689. The Bertz CT molecular complexity index is 733. The second-order valence-electron chi connectivity index (χ2n) is 7.57. The highest BCUT2D eigenvalue weighted by molar-refractivity contribution is 8.00. The van der Waals surface area contributed by atoms with E-state index in [1.54, 1.807) is 11.8 Å². The summed E-state index contributed by atoms with van der Waals surface area (Å²) < 4.78 is 2.24. The molecule has 1 aliphatic heterocycles. The number of benzene rings is 1. The molecule has 4 rings (SSSR count). The van der Waals surface area contributed by atoms with Gasteiger partial charge in [0.05, 0.1) is 5.25 Å². The van der Waals surface area contributed by atoms with Crippen LogP contribution in [0.25, 0.3) is 0 Å². The predicted octanol–water partition coefficient (Wildman–Crippen LogP) is 4.18. The number of imidazole rings is 1. The standard InChI is InChI=1S/C21H27N3OS/c1-16(26-21-22-11-14-24(21)19-7-8-19)20(25)23-12-9-18(10-13-23)15-17-5-3-2-4-6-17/h2-6,11,14,16,18-19H,7-10,12-13,15H2,1H3. The quantitative estimate of drug-likeness (QED) is 0.717. The number of aromatic nitrogens is 2. The molecule has 26 heavy (non-hydrogen) atoms. The highest BCUT2D eigenvalue weighted by Crippen LogP contribution is 2.38. The monoisotopic (exact) mass is 369 g/mol. The van der Waals surface area contributed by atoms with Gasteiger partial charge in [0.15, 0.2) is 5.16 Å². The first kappa shape index (κ1) is 17.7. The summed E-state index contributed by atoms with van der Waals surface area (Å²) in [6, 6.07) is 11.3. The molecule has 0 bridgehead atoms. The van der Waals surface area contributed by atoms with E-state index in [0.29, 0.717) is 12.0 Å². The molecule has 1 unspecified atom stereocenters. The number of carbonyl (C=O) groups is 1. The lowest BCUT2D eigenvalue weighted by molar-refractivity contribution is -0.131. The van der Waals surface area contributed by atoms with Crippen LogP contribution >= 0.6 is 11.8 Å². The Labute approximate surface area is 160 Å². The average molecular weight is 370 g/mol. The van der Waals surface area contributed by atoms with Gasteiger partial charge in [-0.1, -0.05) is 42.1 Å². The molecular formula is C21H27N3OS. The van der Waals surface area contributed by atoms with Crippen LogP contribution in [0.5, 0.6) is 0 Å². The molecule has 2 fully saturated rings. The van der Waals surface area contributed by atoms with Crippen molar-refractivity contribution in [1.29, 1.82) is 0 Å². The molecule has 0 N–H and O–H groups in total. The normalized spacial score (nSPS) is 19.5. The van der Waals surface area contributed by atoms with E-state index >= 15 is 0 Å². The van der Waals surface area contributed by atoms with Crippen LogP contribution in [0.3, 0.4) is 0 Å². The number of hydrogen-bond acceptors (Lipinski definition) is 3. The first-order valence-corrected chi connectivity index (χ1v) is 10.6. The highest BCUT2D eigenvalue weighted by Gasteiger charge is 2.30. The van der Waals surface area contributed by atoms with Crippen molar-refractivity contribution in [1.82, 2.24) is 14.5 Å². The maximum absolute atomic E-state index is 12.9. The summed E-state index contributed by atoms with van der Waals surface area (Å²) in [7, 11) is 0. The lowest BCUT2D eigenvalue weighted by Crippen LogP contribution is -2.42. The summed E-state index contributed by atoms with van der Waals surface area (Å²) in [5, 5.41) is 0.924. The second-order valence-corrected chi connectivity index (χ2v) is 8.87. The van der Waals surface area contributed by atoms with E-state index < -0.39 is 0 Å². The minimum absolute atomic E-state index is 0.0689. The van der Waals surface area contributed by atoms with Gasteiger partial charge in [-0.3, -0.25) is 4.79 Å². The lowest BCUT2D eigenvalue weighted by Gasteiger charge is -2.33. The van der Waals surface area contributed by atoms with E-state index in [-0.39, 0.29) is 11.2 Å². The molecule has 4 nitrogen and oxygen atoms in total. The lowest BCUT2D eigenvalue weighted by atomic mass is 9.90. The van der Waals surface area contributed by atoms with Crippen molar-refractivity contribution in [2.45, 2.75) is 55.5 Å². The SMILES string of the molecule is CC(Sc1nccn1C1CC1)C(=O)N1CCC(Cc2ccccc2)CC1. The molecule has 1 aromatic carbocycles. The van der Waals surface area contributed by atoms with E-state index in [4.69, 9.17) is 0 Å². The summed E-state index contributed by atoms with van der Waals surface area (Å²) in [6.45, 7) is 3.80. The summed E-state index contributed by atoms with van der Waals surface area (Å²) in [4.78, 5) is 19.4. The van der Waals surface area contributed by atoms with E-state index in [9.17, 15) is 4.79 Å². The Kier molecular flexibility index (Phi) is 5.34. The summed E-state index contributed by atoms with van der Waals surface area (Å²) >= 11 is 1.61. The highest BCUT2D eigenvalue weighted by atomic mass is 32.2. The van der Waals surface area contributed by atoms with Crippen LogP contribution in [0.2, 0.25) is 0 Å². The van der Waals surface area contributed by atoms with Gasteiger partial charge in [-0.05, 0) is 50.5 Å². The van der Waals surface area contributed by atoms with Crippen molar-refractivity contribution < 1.29 is 4.79 Å². The van der Waals surface area contributed by atoms with Gasteiger partial charge in [0.25, 0.3) is 0 Å². The number of hydrogen-bond donors (Lipinski definition) is 0. The molecule has 1 atom stereocenters. The molecule has 1 saturated carbocycles. The predicted molar refractivity (Wildman–Crippen MR) is 105 cm³/mol. The molecule has 0 radical (unpaired) electrons. The van der Waals surface area contributed by atoms with Gasteiger partial charge in [-0.25, -0.2) is 4.98 Å². The largest absolute Gasteiger partial charge is 0.342 e. The Balaban J connectivity index is 1.28. The fourth-order valence-corrected chi connectivity index (χ4v) is 4.81. The number of amides is 1. The van der Waals surface area contributed by atoms with Gasteiger partial charge < -0.3 is 9.47 Å². The van der Waals surface area contributed by atoms with Crippen LogP contribution < -0.4 is 0 Å². The third-order valence-electron chi connectivity index (χ3n) is 5.50. The van der Waals surface area contributed by atoms with Gasteiger partial charge >= 0.3 is 0 Å². The smallest absolute Gasteiger partial charge is 0.235 e. The van der Waals surface area contributed by atoms with Gasteiger partial charge in [0.1, 0.15) is 0 Å². The molecular weight excluding hydrogens is 342 g/mol. The van der Waals surface area contributed by atoms with Crippen LogP contribution in [-0.4, -0.2) is 38.7 Å². The number of piperidine rings is 1. The van der Waals surface area contributed by atoms with E-state index in [1.165, 1.54) is 18.4 Å². The summed E-state index contributed by atoms with van der Waals surface area (Å²) in [6.07, 6.45) is 9.72. The van der Waals surface area contributed by atoms with Crippen LogP contribution in [0.1, 0.15) is 44.2 Å². The number of carbonyl (C=O) groups excluding carboxylic acids is 1. The van der Waals surface area contributed by atoms with Crippen molar-refractivity contribution in [3.05, 3.63) is 48.3 Å². The molecule has 2 aliphatic rings. The van der Waals surface area contributed by atoms with Crippen LogP contribution in [0, 0.1) is 5.92 Å². The number of nitrogens with zero attached hydrogens (tertiary/aromatic N) is 3. The number of thioether (sulfide) groups is 1. The molecule has 1 amide bonds. The van der Waals surface area contributed by atoms with Gasteiger partial charge in [0, 0.05) is 31.5 Å². The fraction of sp³-hybridized carbons (Fsp3) is 0.524. The van der Waals surface area contributed by atoms with Crippen molar-refractivity contribution in [2.24, 2.45) is 5.92 Å². The van der Waals surface area contributed by atoms with Crippen molar-refractivity contribution in [2.75, 3.05) is 13.1 Å². The second kappa shape index (κ2) is 7.87. The molecule has 5 heteroatoms. The Morgan fingerprint density at radius 2 is 1.92 bits per heavy atom. The molecule has 1 aromatic heterocycles. The average Bonchev–Trinajstić information content (AvgIpc) is 3.42. The zero-order valence-corrected chi connectivity index (χ0v) is 16.2. The van der Waals surface area contributed by atoms with Crippen molar-refractivity contribution in [3.63, 3.8) is 0 Å². The van der Waals surface area contributed by atoms with Gasteiger partial charge in [-0.2, -0.15) is 0 Å². The number of likely N-dealkylation sites (tertiary alicyclic amines) is 1. The van der Waals surface area contributed by atoms with Crippen LogP contribution in [0.15, 0.2) is 47.9 Å². The molecule has 1 aliphatic carbocycles. The van der Waals surface area contributed by atoms with E-state index in [0.717, 1.165) is 37.5 Å². The van der Waals surface area contributed by atoms with E-state index in [2.05, 4.69) is 44.8 Å². The van der Waals surface area contributed by atoms with Gasteiger partial charge in [0.2, 0.25) is 5.91 Å². The Hall–Kier alpha value is -1.75.